The Bertz CT molecular complexity index is 736. The third-order valence-electron chi connectivity index (χ3n) is 3.52. The van der Waals surface area contributed by atoms with Gasteiger partial charge >= 0.3 is 6.09 Å². The van der Waals surface area contributed by atoms with Gasteiger partial charge in [-0.25, -0.2) is 4.79 Å². The first-order valence-electron chi connectivity index (χ1n) is 8.67. The molecule has 1 aromatic heterocycles. The first-order valence-corrected chi connectivity index (χ1v) is 8.67. The largest absolute Gasteiger partial charge is 0.444 e. The Hall–Kier alpha value is -2.66. The second-order valence-electron chi connectivity index (χ2n) is 6.99. The Morgan fingerprint density at radius 2 is 2.04 bits per heavy atom. The van der Waals surface area contributed by atoms with Gasteiger partial charge in [0, 0.05) is 12.7 Å². The van der Waals surface area contributed by atoms with E-state index in [1.807, 2.05) is 75.4 Å². The van der Waals surface area contributed by atoms with Crippen molar-refractivity contribution in [3.8, 4) is 0 Å². The van der Waals surface area contributed by atoms with Gasteiger partial charge in [-0.1, -0.05) is 30.3 Å². The number of nitrogens with one attached hydrogen (secondary N) is 1. The molecule has 26 heavy (non-hydrogen) atoms. The number of nitrogens with zero attached hydrogens (tertiary/aromatic N) is 1. The average molecular weight is 354 g/mol. The lowest BCUT2D eigenvalue weighted by Gasteiger charge is -2.20. The molecule has 0 aliphatic rings. The molecule has 1 heterocycles. The summed E-state index contributed by atoms with van der Waals surface area (Å²) in [6.07, 6.45) is 4.90. The van der Waals surface area contributed by atoms with Gasteiger partial charge in [-0.3, -0.25) is 4.98 Å². The lowest BCUT2D eigenvalue weighted by atomic mass is 10.0. The number of amides is 1. The highest BCUT2D eigenvalue weighted by atomic mass is 16.6. The van der Waals surface area contributed by atoms with Gasteiger partial charge in [0.2, 0.25) is 0 Å². The van der Waals surface area contributed by atoms with Crippen LogP contribution in [0.3, 0.4) is 0 Å². The number of pyridine rings is 1. The summed E-state index contributed by atoms with van der Waals surface area (Å²) in [5.41, 5.74) is 2.13. The molecule has 1 unspecified atom stereocenters. The minimum Gasteiger partial charge on any atom is -0.444 e. The van der Waals surface area contributed by atoms with Crippen LogP contribution < -0.4 is 5.32 Å². The lowest BCUT2D eigenvalue weighted by Crippen LogP contribution is -2.33. The minimum atomic E-state index is -0.659. The van der Waals surface area contributed by atoms with Crippen LogP contribution in [0.1, 0.15) is 50.1 Å². The van der Waals surface area contributed by atoms with Crippen LogP contribution in [0, 0.1) is 0 Å². The Morgan fingerprint density at radius 1 is 1.23 bits per heavy atom. The molecule has 0 bridgehead atoms. The van der Waals surface area contributed by atoms with Crippen molar-refractivity contribution < 1.29 is 14.6 Å². The van der Waals surface area contributed by atoms with Crippen LogP contribution in [0.15, 0.2) is 48.7 Å². The molecule has 0 radical (unpaired) electrons. The molecule has 0 saturated heterocycles. The van der Waals surface area contributed by atoms with Crippen LogP contribution in [0.4, 0.5) is 4.79 Å². The Balaban J connectivity index is 1.88. The van der Waals surface area contributed by atoms with E-state index < -0.39 is 17.8 Å². The minimum absolute atomic E-state index is 0.337. The predicted molar refractivity (Wildman–Crippen MR) is 103 cm³/mol. The molecule has 0 aliphatic heterocycles. The van der Waals surface area contributed by atoms with Crippen LogP contribution in [0.2, 0.25) is 0 Å². The fourth-order valence-corrected chi connectivity index (χ4v) is 2.32. The van der Waals surface area contributed by atoms with Crippen molar-refractivity contribution in [2.24, 2.45) is 0 Å². The summed E-state index contributed by atoms with van der Waals surface area (Å²) in [5.74, 6) is 0. The maximum Gasteiger partial charge on any atom is 0.407 e. The molecule has 1 atom stereocenters. The second-order valence-corrected chi connectivity index (χ2v) is 6.99. The van der Waals surface area contributed by atoms with E-state index in [-0.39, 0.29) is 0 Å². The normalized spacial score (nSPS) is 12.8. The van der Waals surface area contributed by atoms with E-state index in [2.05, 4.69) is 10.3 Å². The number of aromatic nitrogens is 1. The second kappa shape index (κ2) is 9.15. The highest BCUT2D eigenvalue weighted by molar-refractivity contribution is 5.68. The van der Waals surface area contributed by atoms with Gasteiger partial charge in [0.05, 0.1) is 11.8 Å². The van der Waals surface area contributed by atoms with Gasteiger partial charge in [-0.05, 0) is 62.6 Å². The van der Waals surface area contributed by atoms with Crippen molar-refractivity contribution in [3.63, 3.8) is 0 Å². The summed E-state index contributed by atoms with van der Waals surface area (Å²) in [6.45, 7) is 5.77. The molecule has 0 fully saturated rings. The van der Waals surface area contributed by atoms with Gasteiger partial charge in [0.15, 0.2) is 0 Å². The number of hydrogen-bond donors (Lipinski definition) is 2. The Kier molecular flexibility index (Phi) is 6.92. The van der Waals surface area contributed by atoms with Gasteiger partial charge in [0.1, 0.15) is 5.60 Å². The van der Waals surface area contributed by atoms with Crippen molar-refractivity contribution in [3.05, 3.63) is 65.5 Å². The van der Waals surface area contributed by atoms with Crippen LogP contribution >= 0.6 is 0 Å². The summed E-state index contributed by atoms with van der Waals surface area (Å²) >= 11 is 0. The number of carbonyl (C=O) groups excluding carboxylic acids is 1. The first kappa shape index (κ1) is 19.7. The number of carbonyl (C=O) groups is 1. The standard InChI is InChI=1S/C21H26N2O3/c1-21(2,3)26-20(25)23-14-12-19(24)17-8-6-7-16(15-17)10-11-18-9-4-5-13-22-18/h4-11,13,15,19,24H,12,14H2,1-3H3,(H,23,25)/b11-10+. The molecule has 5 nitrogen and oxygen atoms in total. The van der Waals surface area contributed by atoms with Crippen molar-refractivity contribution >= 4 is 18.2 Å². The van der Waals surface area contributed by atoms with E-state index in [1.54, 1.807) is 6.20 Å². The summed E-state index contributed by atoms with van der Waals surface area (Å²) in [7, 11) is 0. The lowest BCUT2D eigenvalue weighted by molar-refractivity contribution is 0.0518. The summed E-state index contributed by atoms with van der Waals surface area (Å²) < 4.78 is 5.17. The van der Waals surface area contributed by atoms with Gasteiger partial charge in [-0.15, -0.1) is 0 Å². The van der Waals surface area contributed by atoms with Crippen LogP contribution in [0.25, 0.3) is 12.2 Å². The Labute approximate surface area is 154 Å². The maximum atomic E-state index is 11.6. The zero-order valence-corrected chi connectivity index (χ0v) is 15.5. The molecule has 2 rings (SSSR count). The topological polar surface area (TPSA) is 71.5 Å². The summed E-state index contributed by atoms with van der Waals surface area (Å²) in [4.78, 5) is 15.9. The van der Waals surface area contributed by atoms with Crippen molar-refractivity contribution in [1.82, 2.24) is 10.3 Å². The molecule has 138 valence electrons. The average Bonchev–Trinajstić information content (AvgIpc) is 2.59. The molecule has 0 aliphatic carbocycles. The van der Waals surface area contributed by atoms with E-state index in [9.17, 15) is 9.90 Å². The Morgan fingerprint density at radius 3 is 2.73 bits per heavy atom. The van der Waals surface area contributed by atoms with Crippen molar-refractivity contribution in [2.75, 3.05) is 6.54 Å². The van der Waals surface area contributed by atoms with E-state index in [1.165, 1.54) is 0 Å². The number of rotatable bonds is 6. The number of aliphatic hydroxyl groups is 1. The van der Waals surface area contributed by atoms with Gasteiger partial charge in [-0.2, -0.15) is 0 Å². The molecular weight excluding hydrogens is 328 g/mol. The smallest absolute Gasteiger partial charge is 0.407 e. The number of alkyl carbamates (subject to hydrolysis) is 1. The number of benzene rings is 1. The first-order chi connectivity index (χ1) is 12.3. The third-order valence-corrected chi connectivity index (χ3v) is 3.52. The van der Waals surface area contributed by atoms with Crippen molar-refractivity contribution in [1.29, 1.82) is 0 Å². The molecule has 1 aromatic carbocycles. The van der Waals surface area contributed by atoms with Gasteiger partial charge < -0.3 is 15.2 Å². The zero-order chi connectivity index (χ0) is 19.0. The summed E-state index contributed by atoms with van der Waals surface area (Å²) in [5, 5.41) is 13.0. The highest BCUT2D eigenvalue weighted by Crippen LogP contribution is 2.19. The molecule has 5 heteroatoms. The molecule has 1 amide bonds. The van der Waals surface area contributed by atoms with Crippen molar-refractivity contribution in [2.45, 2.75) is 38.9 Å². The number of aliphatic hydroxyl groups excluding tert-OH is 1. The van der Waals surface area contributed by atoms with Gasteiger partial charge in [0.25, 0.3) is 0 Å². The number of hydrogen-bond acceptors (Lipinski definition) is 4. The molecule has 0 spiro atoms. The summed E-state index contributed by atoms with van der Waals surface area (Å²) in [6, 6.07) is 13.4. The SMILES string of the molecule is CC(C)(C)OC(=O)NCCC(O)c1cccc(/C=C/c2ccccn2)c1. The van der Waals surface area contributed by atoms with Crippen LogP contribution in [-0.2, 0) is 4.74 Å². The fourth-order valence-electron chi connectivity index (χ4n) is 2.32. The highest BCUT2D eigenvalue weighted by Gasteiger charge is 2.16. The number of ether oxygens (including phenoxy) is 1. The fraction of sp³-hybridized carbons (Fsp3) is 0.333. The van der Waals surface area contributed by atoms with E-state index in [0.29, 0.717) is 13.0 Å². The zero-order valence-electron chi connectivity index (χ0n) is 15.5. The molecule has 2 aromatic rings. The quantitative estimate of drug-likeness (QED) is 0.815. The van der Waals surface area contributed by atoms with E-state index in [0.717, 1.165) is 16.8 Å². The third kappa shape index (κ3) is 7.07. The maximum absolute atomic E-state index is 11.6. The molecule has 2 N–H and O–H groups in total. The van der Waals surface area contributed by atoms with Crippen LogP contribution in [0.5, 0.6) is 0 Å². The molecular formula is C21H26N2O3. The predicted octanol–water partition coefficient (Wildman–Crippen LogP) is 4.20. The van der Waals surface area contributed by atoms with Crippen LogP contribution in [-0.4, -0.2) is 28.3 Å². The van der Waals surface area contributed by atoms with E-state index in [4.69, 9.17) is 4.74 Å². The monoisotopic (exact) mass is 354 g/mol. The molecule has 0 saturated carbocycles. The van der Waals surface area contributed by atoms with E-state index >= 15 is 0 Å².